The number of carbonyl (C=O) groups is 1. The Morgan fingerprint density at radius 3 is 2.59 bits per heavy atom. The molecule has 5 nitrogen and oxygen atoms in total. The van der Waals surface area contributed by atoms with E-state index in [1.54, 1.807) is 25.2 Å². The smallest absolute Gasteiger partial charge is 0.408 e. The molecule has 1 N–H and O–H groups in total. The van der Waals surface area contributed by atoms with Gasteiger partial charge in [-0.15, -0.1) is 0 Å². The van der Waals surface area contributed by atoms with Crippen LogP contribution in [0.15, 0.2) is 45.6 Å². The zero-order chi connectivity index (χ0) is 15.9. The molecule has 3 rings (SSSR count). The molecule has 0 saturated carbocycles. The summed E-state index contributed by atoms with van der Waals surface area (Å²) in [7, 11) is 1.64. The van der Waals surface area contributed by atoms with Crippen LogP contribution in [0.25, 0.3) is 11.1 Å². The maximum absolute atomic E-state index is 12.4. The van der Waals surface area contributed by atoms with Crippen LogP contribution in [0.5, 0.6) is 0 Å². The SMILES string of the molecule is Cc1cc2oc(=O)n(C)c2cc1NC(=O)c1ccccc1C. The van der Waals surface area contributed by atoms with Gasteiger partial charge in [-0.3, -0.25) is 9.36 Å². The highest BCUT2D eigenvalue weighted by molar-refractivity contribution is 6.06. The van der Waals surface area contributed by atoms with Gasteiger partial charge in [-0.2, -0.15) is 0 Å². The Balaban J connectivity index is 2.02. The molecule has 0 radical (unpaired) electrons. The minimum Gasteiger partial charge on any atom is -0.408 e. The number of aryl methyl sites for hydroxylation is 3. The van der Waals surface area contributed by atoms with Crippen LogP contribution in [-0.4, -0.2) is 10.5 Å². The van der Waals surface area contributed by atoms with Crippen LogP contribution in [0.1, 0.15) is 21.5 Å². The lowest BCUT2D eigenvalue weighted by molar-refractivity contribution is 0.102. The summed E-state index contributed by atoms with van der Waals surface area (Å²) in [6, 6.07) is 10.9. The number of oxazole rings is 1. The number of rotatable bonds is 2. The van der Waals surface area contributed by atoms with E-state index in [0.29, 0.717) is 22.4 Å². The molecule has 5 heteroatoms. The maximum Gasteiger partial charge on any atom is 0.419 e. The van der Waals surface area contributed by atoms with E-state index in [4.69, 9.17) is 4.42 Å². The second-order valence-corrected chi connectivity index (χ2v) is 5.33. The van der Waals surface area contributed by atoms with Crippen LogP contribution >= 0.6 is 0 Å². The van der Waals surface area contributed by atoms with Crippen molar-refractivity contribution in [3.05, 3.63) is 63.6 Å². The second-order valence-electron chi connectivity index (χ2n) is 5.33. The fraction of sp³-hybridized carbons (Fsp3) is 0.176. The van der Waals surface area contributed by atoms with E-state index in [1.165, 1.54) is 4.57 Å². The minimum atomic E-state index is -0.420. The van der Waals surface area contributed by atoms with Crippen LogP contribution in [0.4, 0.5) is 5.69 Å². The number of amides is 1. The zero-order valence-electron chi connectivity index (χ0n) is 12.6. The van der Waals surface area contributed by atoms with Gasteiger partial charge in [0.2, 0.25) is 0 Å². The standard InChI is InChI=1S/C17H16N2O3/c1-10-6-4-5-7-12(10)16(20)18-13-9-14-15(8-11(13)2)22-17(21)19(14)3/h4-9H,1-3H3,(H,18,20). The average Bonchev–Trinajstić information content (AvgIpc) is 2.75. The lowest BCUT2D eigenvalue weighted by Gasteiger charge is -2.10. The average molecular weight is 296 g/mol. The van der Waals surface area contributed by atoms with Gasteiger partial charge in [0.1, 0.15) is 0 Å². The molecule has 1 aromatic heterocycles. The van der Waals surface area contributed by atoms with Crippen molar-refractivity contribution in [2.75, 3.05) is 5.32 Å². The second kappa shape index (κ2) is 5.18. The number of aromatic nitrogens is 1. The third-order valence-electron chi connectivity index (χ3n) is 3.78. The van der Waals surface area contributed by atoms with Crippen LogP contribution < -0.4 is 11.1 Å². The first-order chi connectivity index (χ1) is 10.5. The van der Waals surface area contributed by atoms with E-state index in [2.05, 4.69) is 5.32 Å². The molecule has 112 valence electrons. The van der Waals surface area contributed by atoms with E-state index in [-0.39, 0.29) is 5.91 Å². The fourth-order valence-corrected chi connectivity index (χ4v) is 2.43. The summed E-state index contributed by atoms with van der Waals surface area (Å²) in [6.07, 6.45) is 0. The number of anilines is 1. The number of hydrogen-bond donors (Lipinski definition) is 1. The molecule has 0 unspecified atom stereocenters. The summed E-state index contributed by atoms with van der Waals surface area (Å²) < 4.78 is 6.55. The Kier molecular flexibility index (Phi) is 3.33. The van der Waals surface area contributed by atoms with Gasteiger partial charge in [0.25, 0.3) is 5.91 Å². The van der Waals surface area contributed by atoms with Gasteiger partial charge < -0.3 is 9.73 Å². The highest BCUT2D eigenvalue weighted by Gasteiger charge is 2.13. The topological polar surface area (TPSA) is 64.2 Å². The molecular weight excluding hydrogens is 280 g/mol. The van der Waals surface area contributed by atoms with Crippen LogP contribution in [-0.2, 0) is 7.05 Å². The lowest BCUT2D eigenvalue weighted by Crippen LogP contribution is -2.14. The van der Waals surface area contributed by atoms with Gasteiger partial charge in [0.05, 0.1) is 5.52 Å². The normalized spacial score (nSPS) is 10.9. The highest BCUT2D eigenvalue weighted by Crippen LogP contribution is 2.23. The van der Waals surface area contributed by atoms with Crippen molar-refractivity contribution in [3.63, 3.8) is 0 Å². The molecule has 1 amide bonds. The van der Waals surface area contributed by atoms with E-state index in [9.17, 15) is 9.59 Å². The van der Waals surface area contributed by atoms with Gasteiger partial charge in [0.15, 0.2) is 5.58 Å². The number of fused-ring (bicyclic) bond motifs is 1. The number of nitrogens with zero attached hydrogens (tertiary/aromatic N) is 1. The molecular formula is C17H16N2O3. The van der Waals surface area contributed by atoms with Crippen LogP contribution in [0.3, 0.4) is 0 Å². The van der Waals surface area contributed by atoms with Crippen molar-refractivity contribution >= 4 is 22.7 Å². The predicted octanol–water partition coefficient (Wildman–Crippen LogP) is 3.00. The summed E-state index contributed by atoms with van der Waals surface area (Å²) in [5.41, 5.74) is 4.20. The molecule has 0 spiro atoms. The molecule has 0 aliphatic heterocycles. The summed E-state index contributed by atoms with van der Waals surface area (Å²) in [5.74, 6) is -0.592. The van der Waals surface area contributed by atoms with Gasteiger partial charge in [-0.1, -0.05) is 18.2 Å². The molecule has 22 heavy (non-hydrogen) atoms. The van der Waals surface area contributed by atoms with Crippen molar-refractivity contribution in [1.29, 1.82) is 0 Å². The highest BCUT2D eigenvalue weighted by atomic mass is 16.4. The fourth-order valence-electron chi connectivity index (χ4n) is 2.43. The molecule has 0 saturated heterocycles. The molecule has 0 bridgehead atoms. The minimum absolute atomic E-state index is 0.172. The first kappa shape index (κ1) is 14.1. The van der Waals surface area contributed by atoms with Crippen molar-refractivity contribution in [1.82, 2.24) is 4.57 Å². The third kappa shape index (κ3) is 2.30. The van der Waals surface area contributed by atoms with Crippen LogP contribution in [0, 0.1) is 13.8 Å². The number of benzene rings is 2. The van der Waals surface area contributed by atoms with E-state index < -0.39 is 5.76 Å². The first-order valence-electron chi connectivity index (χ1n) is 6.94. The van der Waals surface area contributed by atoms with Gasteiger partial charge in [-0.05, 0) is 43.2 Å². The van der Waals surface area contributed by atoms with Crippen LogP contribution in [0.2, 0.25) is 0 Å². The van der Waals surface area contributed by atoms with Crippen molar-refractivity contribution in [3.8, 4) is 0 Å². The number of nitrogens with one attached hydrogen (secondary N) is 1. The Morgan fingerprint density at radius 1 is 1.14 bits per heavy atom. The summed E-state index contributed by atoms with van der Waals surface area (Å²) in [6.45, 7) is 3.75. The number of carbonyl (C=O) groups excluding carboxylic acids is 1. The Labute approximate surface area is 127 Å². The third-order valence-corrected chi connectivity index (χ3v) is 3.78. The quantitative estimate of drug-likeness (QED) is 0.790. The molecule has 2 aromatic carbocycles. The first-order valence-corrected chi connectivity index (χ1v) is 6.94. The van der Waals surface area contributed by atoms with Crippen molar-refractivity contribution in [2.24, 2.45) is 7.05 Å². The maximum atomic E-state index is 12.4. The zero-order valence-corrected chi connectivity index (χ0v) is 12.6. The van der Waals surface area contributed by atoms with E-state index in [0.717, 1.165) is 11.1 Å². The molecule has 1 heterocycles. The van der Waals surface area contributed by atoms with Crippen molar-refractivity contribution < 1.29 is 9.21 Å². The largest absolute Gasteiger partial charge is 0.419 e. The summed E-state index contributed by atoms with van der Waals surface area (Å²) in [4.78, 5) is 24.0. The molecule has 0 aliphatic carbocycles. The van der Waals surface area contributed by atoms with Crippen molar-refractivity contribution in [2.45, 2.75) is 13.8 Å². The Bertz CT molecular complexity index is 935. The monoisotopic (exact) mass is 296 g/mol. The van der Waals surface area contributed by atoms with E-state index in [1.807, 2.05) is 32.0 Å². The lowest BCUT2D eigenvalue weighted by atomic mass is 10.1. The molecule has 0 atom stereocenters. The summed E-state index contributed by atoms with van der Waals surface area (Å²) in [5, 5.41) is 2.90. The predicted molar refractivity (Wildman–Crippen MR) is 85.3 cm³/mol. The molecule has 3 aromatic rings. The number of hydrogen-bond acceptors (Lipinski definition) is 3. The molecule has 0 fully saturated rings. The Morgan fingerprint density at radius 2 is 1.86 bits per heavy atom. The van der Waals surface area contributed by atoms with E-state index >= 15 is 0 Å². The van der Waals surface area contributed by atoms with Gasteiger partial charge >= 0.3 is 5.76 Å². The van der Waals surface area contributed by atoms with Gasteiger partial charge in [-0.25, -0.2) is 4.79 Å². The Hall–Kier alpha value is -2.82. The summed E-state index contributed by atoms with van der Waals surface area (Å²) >= 11 is 0. The van der Waals surface area contributed by atoms with Gasteiger partial charge in [0, 0.05) is 18.3 Å². The molecule has 0 aliphatic rings.